The molecule has 0 spiro atoms. The third kappa shape index (κ3) is 1.97. The number of nitrogens with zero attached hydrogens (tertiary/aromatic N) is 2. The number of nitrogen functional groups attached to an aromatic ring is 1. The van der Waals surface area contributed by atoms with Crippen LogP contribution in [0, 0.1) is 6.92 Å². The molecule has 1 aromatic rings. The molecule has 1 aromatic carbocycles. The lowest BCUT2D eigenvalue weighted by Crippen LogP contribution is -2.55. The molecule has 0 radical (unpaired) electrons. The van der Waals surface area contributed by atoms with Gasteiger partial charge in [-0.1, -0.05) is 0 Å². The molecule has 2 fully saturated rings. The molecule has 3 nitrogen and oxygen atoms in total. The maximum Gasteiger partial charge on any atom is 0.0389 e. The van der Waals surface area contributed by atoms with Crippen molar-refractivity contribution in [1.29, 1.82) is 0 Å². The molecule has 3 rings (SSSR count). The number of anilines is 2. The van der Waals surface area contributed by atoms with E-state index in [0.717, 1.165) is 11.7 Å². The molecule has 2 aliphatic rings. The molecule has 0 bridgehead atoms. The highest BCUT2D eigenvalue weighted by Gasteiger charge is 2.34. The van der Waals surface area contributed by atoms with Crippen LogP contribution in [0.2, 0.25) is 0 Å². The average molecular weight is 245 g/mol. The Morgan fingerprint density at radius 2 is 2.11 bits per heavy atom. The predicted octanol–water partition coefficient (Wildman–Crippen LogP) is 2.25. The summed E-state index contributed by atoms with van der Waals surface area (Å²) in [6.07, 6.45) is 2.73. The fourth-order valence-electron chi connectivity index (χ4n) is 3.39. The van der Waals surface area contributed by atoms with E-state index in [9.17, 15) is 0 Å². The van der Waals surface area contributed by atoms with Crippen LogP contribution in [0.5, 0.6) is 0 Å². The summed E-state index contributed by atoms with van der Waals surface area (Å²) >= 11 is 0. The third-order valence-electron chi connectivity index (χ3n) is 4.52. The molecule has 0 aliphatic carbocycles. The van der Waals surface area contributed by atoms with E-state index in [2.05, 4.69) is 35.8 Å². The second kappa shape index (κ2) is 4.47. The molecule has 0 saturated carbocycles. The molecule has 3 heteroatoms. The maximum atomic E-state index is 5.91. The summed E-state index contributed by atoms with van der Waals surface area (Å²) in [6.45, 7) is 8.10. The Morgan fingerprint density at radius 1 is 1.28 bits per heavy atom. The number of aryl methyl sites for hydroxylation is 1. The number of hydrogen-bond acceptors (Lipinski definition) is 3. The Kier molecular flexibility index (Phi) is 2.94. The van der Waals surface area contributed by atoms with E-state index in [4.69, 9.17) is 5.73 Å². The average Bonchev–Trinajstić information content (AvgIpc) is 2.79. The number of benzene rings is 1. The summed E-state index contributed by atoms with van der Waals surface area (Å²) in [5.41, 5.74) is 9.33. The summed E-state index contributed by atoms with van der Waals surface area (Å²) in [7, 11) is 0. The predicted molar refractivity (Wildman–Crippen MR) is 77.0 cm³/mol. The number of hydrogen-bond donors (Lipinski definition) is 1. The van der Waals surface area contributed by atoms with Crippen LogP contribution in [0.3, 0.4) is 0 Å². The second-order valence-corrected chi connectivity index (χ2v) is 5.83. The Balaban J connectivity index is 1.84. The number of piperazine rings is 1. The molecule has 18 heavy (non-hydrogen) atoms. The molecular formula is C15H23N3. The van der Waals surface area contributed by atoms with Gasteiger partial charge in [0.2, 0.25) is 0 Å². The molecule has 0 amide bonds. The Morgan fingerprint density at radius 3 is 2.89 bits per heavy atom. The van der Waals surface area contributed by atoms with Crippen LogP contribution in [0.1, 0.15) is 25.3 Å². The summed E-state index contributed by atoms with van der Waals surface area (Å²) in [5.74, 6) is 0. The number of nitrogens with two attached hydrogens (primary N) is 1. The van der Waals surface area contributed by atoms with Crippen LogP contribution in [0.4, 0.5) is 11.4 Å². The monoisotopic (exact) mass is 245 g/mol. The molecular weight excluding hydrogens is 222 g/mol. The van der Waals surface area contributed by atoms with E-state index in [-0.39, 0.29) is 0 Å². The Labute approximate surface area is 110 Å². The van der Waals surface area contributed by atoms with Crippen LogP contribution in [0.25, 0.3) is 0 Å². The maximum absolute atomic E-state index is 5.91. The van der Waals surface area contributed by atoms with Gasteiger partial charge in [0.25, 0.3) is 0 Å². The van der Waals surface area contributed by atoms with Crippen molar-refractivity contribution in [2.24, 2.45) is 0 Å². The highest BCUT2D eigenvalue weighted by Crippen LogP contribution is 2.29. The standard InChI is InChI=1S/C15H23N3/c1-11-8-13(5-6-15(11)16)18-10-14-4-3-7-17(14)9-12(18)2/h5-6,8,12,14H,3-4,7,9-10,16H2,1-2H3. The first-order valence-electron chi connectivity index (χ1n) is 7.02. The molecule has 2 saturated heterocycles. The van der Waals surface area contributed by atoms with Gasteiger partial charge in [0.1, 0.15) is 0 Å². The van der Waals surface area contributed by atoms with E-state index >= 15 is 0 Å². The zero-order valence-corrected chi connectivity index (χ0v) is 11.4. The fraction of sp³-hybridized carbons (Fsp3) is 0.600. The van der Waals surface area contributed by atoms with Crippen LogP contribution >= 0.6 is 0 Å². The van der Waals surface area contributed by atoms with Gasteiger partial charge in [-0.25, -0.2) is 0 Å². The van der Waals surface area contributed by atoms with Crippen molar-refractivity contribution in [2.75, 3.05) is 30.3 Å². The summed E-state index contributed by atoms with van der Waals surface area (Å²) in [6, 6.07) is 7.81. The summed E-state index contributed by atoms with van der Waals surface area (Å²) < 4.78 is 0. The first kappa shape index (κ1) is 11.8. The summed E-state index contributed by atoms with van der Waals surface area (Å²) in [5, 5.41) is 0. The van der Waals surface area contributed by atoms with Gasteiger partial charge >= 0.3 is 0 Å². The van der Waals surface area contributed by atoms with Gasteiger partial charge in [0.15, 0.2) is 0 Å². The van der Waals surface area contributed by atoms with Gasteiger partial charge in [-0.3, -0.25) is 4.90 Å². The molecule has 2 atom stereocenters. The lowest BCUT2D eigenvalue weighted by molar-refractivity contribution is 0.203. The van der Waals surface area contributed by atoms with Crippen LogP contribution in [0.15, 0.2) is 18.2 Å². The highest BCUT2D eigenvalue weighted by atomic mass is 15.3. The van der Waals surface area contributed by atoms with Gasteiger partial charge in [-0.05, 0) is 57.0 Å². The molecule has 2 N–H and O–H groups in total. The first-order chi connectivity index (χ1) is 8.65. The molecule has 2 unspecified atom stereocenters. The van der Waals surface area contributed by atoms with Crippen LogP contribution < -0.4 is 10.6 Å². The SMILES string of the molecule is Cc1cc(N2CC3CCCN3CC2C)ccc1N. The topological polar surface area (TPSA) is 32.5 Å². The molecule has 98 valence electrons. The van der Waals surface area contributed by atoms with Gasteiger partial charge in [0, 0.05) is 36.5 Å². The van der Waals surface area contributed by atoms with E-state index in [0.29, 0.717) is 6.04 Å². The van der Waals surface area contributed by atoms with E-state index in [1.54, 1.807) is 0 Å². The number of fused-ring (bicyclic) bond motifs is 1. The largest absolute Gasteiger partial charge is 0.399 e. The van der Waals surface area contributed by atoms with Crippen molar-refractivity contribution >= 4 is 11.4 Å². The van der Waals surface area contributed by atoms with Crippen molar-refractivity contribution in [3.8, 4) is 0 Å². The lowest BCUT2D eigenvalue weighted by atomic mass is 10.1. The highest BCUT2D eigenvalue weighted by molar-refractivity contribution is 5.58. The Bertz CT molecular complexity index is 443. The van der Waals surface area contributed by atoms with Crippen LogP contribution in [-0.2, 0) is 0 Å². The van der Waals surface area contributed by atoms with E-state index in [1.165, 1.54) is 43.7 Å². The number of rotatable bonds is 1. The summed E-state index contributed by atoms with van der Waals surface area (Å²) in [4.78, 5) is 5.21. The zero-order valence-electron chi connectivity index (χ0n) is 11.4. The van der Waals surface area contributed by atoms with Crippen molar-refractivity contribution < 1.29 is 0 Å². The van der Waals surface area contributed by atoms with Crippen molar-refractivity contribution in [2.45, 2.75) is 38.8 Å². The van der Waals surface area contributed by atoms with Gasteiger partial charge in [-0.2, -0.15) is 0 Å². The second-order valence-electron chi connectivity index (χ2n) is 5.83. The van der Waals surface area contributed by atoms with E-state index in [1.807, 2.05) is 6.07 Å². The van der Waals surface area contributed by atoms with Gasteiger partial charge in [0.05, 0.1) is 0 Å². The first-order valence-corrected chi connectivity index (χ1v) is 7.02. The zero-order chi connectivity index (χ0) is 12.7. The fourth-order valence-corrected chi connectivity index (χ4v) is 3.39. The van der Waals surface area contributed by atoms with Crippen molar-refractivity contribution in [1.82, 2.24) is 4.90 Å². The quantitative estimate of drug-likeness (QED) is 0.770. The lowest BCUT2D eigenvalue weighted by Gasteiger charge is -2.43. The van der Waals surface area contributed by atoms with Gasteiger partial charge < -0.3 is 10.6 Å². The van der Waals surface area contributed by atoms with Crippen molar-refractivity contribution in [3.63, 3.8) is 0 Å². The molecule has 2 heterocycles. The van der Waals surface area contributed by atoms with Gasteiger partial charge in [-0.15, -0.1) is 0 Å². The van der Waals surface area contributed by atoms with Crippen LogP contribution in [-0.4, -0.2) is 36.6 Å². The normalized spacial score (nSPS) is 28.4. The molecule has 0 aromatic heterocycles. The van der Waals surface area contributed by atoms with Crippen molar-refractivity contribution in [3.05, 3.63) is 23.8 Å². The smallest absolute Gasteiger partial charge is 0.0389 e. The van der Waals surface area contributed by atoms with E-state index < -0.39 is 0 Å². The minimum Gasteiger partial charge on any atom is -0.399 e. The minimum absolute atomic E-state index is 0.599. The molecule has 2 aliphatic heterocycles. The minimum atomic E-state index is 0.599. The Hall–Kier alpha value is -1.22. The third-order valence-corrected chi connectivity index (χ3v) is 4.52.